The summed E-state index contributed by atoms with van der Waals surface area (Å²) in [6, 6.07) is 3.29. The van der Waals surface area contributed by atoms with Gasteiger partial charge in [0.25, 0.3) is 5.91 Å². The summed E-state index contributed by atoms with van der Waals surface area (Å²) in [4.78, 5) is 15.4. The molecule has 0 aliphatic rings. The van der Waals surface area contributed by atoms with Crippen molar-refractivity contribution in [1.82, 2.24) is 25.1 Å². The van der Waals surface area contributed by atoms with Crippen molar-refractivity contribution in [2.45, 2.75) is 6.54 Å². The van der Waals surface area contributed by atoms with E-state index in [1.165, 1.54) is 0 Å². The standard InChI is InChI=1S/C10H12N6O/c1-12-10(17)7-2-3-8(15-14-7)16-5-4-13-9(16)6-11/h2-5H,6,11H2,1H3,(H,12,17). The van der Waals surface area contributed by atoms with Gasteiger partial charge in [0.05, 0.1) is 6.54 Å². The third-order valence-electron chi connectivity index (χ3n) is 2.26. The molecule has 7 nitrogen and oxygen atoms in total. The van der Waals surface area contributed by atoms with Crippen LogP contribution in [0.25, 0.3) is 5.82 Å². The van der Waals surface area contributed by atoms with Crippen molar-refractivity contribution in [2.75, 3.05) is 7.05 Å². The predicted molar refractivity (Wildman–Crippen MR) is 60.4 cm³/mol. The second-order valence-electron chi connectivity index (χ2n) is 3.27. The molecule has 1 amide bonds. The normalized spacial score (nSPS) is 10.2. The second kappa shape index (κ2) is 4.71. The highest BCUT2D eigenvalue weighted by molar-refractivity contribution is 5.91. The van der Waals surface area contributed by atoms with Crippen molar-refractivity contribution < 1.29 is 4.79 Å². The number of rotatable bonds is 3. The van der Waals surface area contributed by atoms with Crippen LogP contribution in [0.1, 0.15) is 16.3 Å². The Morgan fingerprint density at radius 2 is 2.29 bits per heavy atom. The summed E-state index contributed by atoms with van der Waals surface area (Å²) in [5.74, 6) is 0.997. The zero-order valence-corrected chi connectivity index (χ0v) is 9.29. The fourth-order valence-corrected chi connectivity index (χ4v) is 1.40. The number of carbonyl (C=O) groups excluding carboxylic acids is 1. The lowest BCUT2D eigenvalue weighted by Crippen LogP contribution is -2.20. The molecule has 0 radical (unpaired) electrons. The molecule has 2 rings (SSSR count). The Morgan fingerprint density at radius 1 is 1.47 bits per heavy atom. The minimum atomic E-state index is -0.270. The second-order valence-corrected chi connectivity index (χ2v) is 3.27. The SMILES string of the molecule is CNC(=O)c1ccc(-n2ccnc2CN)nn1. The van der Waals surface area contributed by atoms with E-state index in [0.717, 1.165) is 0 Å². The zero-order chi connectivity index (χ0) is 12.3. The molecule has 0 unspecified atom stereocenters. The first-order chi connectivity index (χ1) is 8.26. The summed E-state index contributed by atoms with van der Waals surface area (Å²) < 4.78 is 1.72. The van der Waals surface area contributed by atoms with Gasteiger partial charge in [-0.3, -0.25) is 9.36 Å². The van der Waals surface area contributed by atoms with Crippen LogP contribution in [0.15, 0.2) is 24.5 Å². The van der Waals surface area contributed by atoms with Gasteiger partial charge >= 0.3 is 0 Å². The van der Waals surface area contributed by atoms with Gasteiger partial charge in [-0.25, -0.2) is 4.98 Å². The fraction of sp³-hybridized carbons (Fsp3) is 0.200. The summed E-state index contributed by atoms with van der Waals surface area (Å²) in [7, 11) is 1.54. The molecule has 0 aromatic carbocycles. The molecule has 3 N–H and O–H groups in total. The van der Waals surface area contributed by atoms with E-state index in [9.17, 15) is 4.79 Å². The Labute approximate surface area is 97.7 Å². The van der Waals surface area contributed by atoms with Gasteiger partial charge in [0.1, 0.15) is 5.82 Å². The minimum absolute atomic E-state index is 0.269. The number of nitrogens with zero attached hydrogens (tertiary/aromatic N) is 4. The van der Waals surface area contributed by atoms with Crippen LogP contribution in [-0.2, 0) is 6.54 Å². The van der Waals surface area contributed by atoms with Gasteiger partial charge in [-0.1, -0.05) is 0 Å². The van der Waals surface area contributed by atoms with Crippen molar-refractivity contribution in [1.29, 1.82) is 0 Å². The van der Waals surface area contributed by atoms with Gasteiger partial charge < -0.3 is 11.1 Å². The average Bonchev–Trinajstić information content (AvgIpc) is 2.86. The molecule has 0 spiro atoms. The van der Waals surface area contributed by atoms with Crippen molar-refractivity contribution in [2.24, 2.45) is 5.73 Å². The van der Waals surface area contributed by atoms with Crippen LogP contribution in [0, 0.1) is 0 Å². The van der Waals surface area contributed by atoms with Gasteiger partial charge in [-0.2, -0.15) is 0 Å². The molecule has 2 aromatic rings. The van der Waals surface area contributed by atoms with Gasteiger partial charge in [0.2, 0.25) is 0 Å². The van der Waals surface area contributed by atoms with Crippen LogP contribution in [0.2, 0.25) is 0 Å². The first-order valence-corrected chi connectivity index (χ1v) is 5.04. The molecule has 0 aliphatic heterocycles. The summed E-state index contributed by atoms with van der Waals surface area (Å²) in [6.07, 6.45) is 3.38. The van der Waals surface area contributed by atoms with Crippen LogP contribution >= 0.6 is 0 Å². The van der Waals surface area contributed by atoms with E-state index in [-0.39, 0.29) is 11.6 Å². The quantitative estimate of drug-likeness (QED) is 0.742. The summed E-state index contributed by atoms with van der Waals surface area (Å²) in [5.41, 5.74) is 5.81. The fourth-order valence-electron chi connectivity index (χ4n) is 1.40. The number of carbonyl (C=O) groups is 1. The van der Waals surface area contributed by atoms with Crippen LogP contribution in [0.5, 0.6) is 0 Å². The molecule has 2 heterocycles. The third kappa shape index (κ3) is 2.13. The monoisotopic (exact) mass is 232 g/mol. The maximum atomic E-state index is 11.3. The van der Waals surface area contributed by atoms with E-state index in [1.807, 2.05) is 0 Å². The molecule has 0 aliphatic carbocycles. The zero-order valence-electron chi connectivity index (χ0n) is 9.29. The van der Waals surface area contributed by atoms with Crippen LogP contribution < -0.4 is 11.1 Å². The summed E-state index contributed by atoms with van der Waals surface area (Å²) in [5, 5.41) is 10.3. The van der Waals surface area contributed by atoms with Crippen LogP contribution in [-0.4, -0.2) is 32.7 Å². The maximum absolute atomic E-state index is 11.3. The molecule has 7 heteroatoms. The van der Waals surface area contributed by atoms with E-state index in [2.05, 4.69) is 20.5 Å². The summed E-state index contributed by atoms with van der Waals surface area (Å²) >= 11 is 0. The molecule has 0 saturated carbocycles. The van der Waals surface area contributed by atoms with Crippen LogP contribution in [0.3, 0.4) is 0 Å². The minimum Gasteiger partial charge on any atom is -0.354 e. The average molecular weight is 232 g/mol. The Kier molecular flexibility index (Phi) is 3.10. The van der Waals surface area contributed by atoms with Gasteiger partial charge in [-0.05, 0) is 12.1 Å². The highest BCUT2D eigenvalue weighted by Gasteiger charge is 2.08. The number of nitrogens with one attached hydrogen (secondary N) is 1. The van der Waals surface area contributed by atoms with Crippen LogP contribution in [0.4, 0.5) is 0 Å². The van der Waals surface area contributed by atoms with Gasteiger partial charge in [0.15, 0.2) is 11.5 Å². The summed E-state index contributed by atoms with van der Waals surface area (Å²) in [6.45, 7) is 0.311. The molecular formula is C10H12N6O. The predicted octanol–water partition coefficient (Wildman–Crippen LogP) is -0.519. The molecule has 17 heavy (non-hydrogen) atoms. The topological polar surface area (TPSA) is 98.7 Å². The number of imidazole rings is 1. The van der Waals surface area contributed by atoms with E-state index >= 15 is 0 Å². The number of hydrogen-bond donors (Lipinski definition) is 2. The molecule has 0 atom stereocenters. The van der Waals surface area contributed by atoms with Crippen molar-refractivity contribution >= 4 is 5.91 Å². The lowest BCUT2D eigenvalue weighted by molar-refractivity contribution is 0.0957. The first kappa shape index (κ1) is 11.2. The van der Waals surface area contributed by atoms with E-state index in [0.29, 0.717) is 18.2 Å². The molecule has 0 bridgehead atoms. The number of nitrogens with two attached hydrogens (primary N) is 1. The number of hydrogen-bond acceptors (Lipinski definition) is 5. The lowest BCUT2D eigenvalue weighted by atomic mass is 10.3. The van der Waals surface area contributed by atoms with Gasteiger partial charge in [-0.15, -0.1) is 10.2 Å². The maximum Gasteiger partial charge on any atom is 0.271 e. The molecular weight excluding hydrogens is 220 g/mol. The smallest absolute Gasteiger partial charge is 0.271 e. The van der Waals surface area contributed by atoms with E-state index < -0.39 is 0 Å². The lowest BCUT2D eigenvalue weighted by Gasteiger charge is -2.04. The van der Waals surface area contributed by atoms with Gasteiger partial charge in [0, 0.05) is 19.4 Å². The number of amides is 1. The molecule has 0 fully saturated rings. The Balaban J connectivity index is 2.32. The Morgan fingerprint density at radius 3 is 2.88 bits per heavy atom. The molecule has 88 valence electrons. The molecule has 0 saturated heterocycles. The largest absolute Gasteiger partial charge is 0.354 e. The van der Waals surface area contributed by atoms with Crippen molar-refractivity contribution in [3.63, 3.8) is 0 Å². The highest BCUT2D eigenvalue weighted by atomic mass is 16.1. The first-order valence-electron chi connectivity index (χ1n) is 5.04. The Bertz CT molecular complexity index is 518. The van der Waals surface area contributed by atoms with Crippen molar-refractivity contribution in [3.05, 3.63) is 36.0 Å². The van der Waals surface area contributed by atoms with E-state index in [4.69, 9.17) is 5.73 Å². The Hall–Kier alpha value is -2.28. The highest BCUT2D eigenvalue weighted by Crippen LogP contribution is 2.06. The van der Waals surface area contributed by atoms with Crippen molar-refractivity contribution in [3.8, 4) is 5.82 Å². The molecule has 2 aromatic heterocycles. The number of aromatic nitrogens is 4. The third-order valence-corrected chi connectivity index (χ3v) is 2.26. The van der Waals surface area contributed by atoms with E-state index in [1.54, 1.807) is 36.1 Å².